The average molecular weight is 190 g/mol. The second kappa shape index (κ2) is 4.37. The van der Waals surface area contributed by atoms with Gasteiger partial charge in [0, 0.05) is 17.9 Å². The van der Waals surface area contributed by atoms with E-state index in [-0.39, 0.29) is 25.7 Å². The van der Waals surface area contributed by atoms with E-state index in [1.54, 1.807) is 0 Å². The molecule has 1 aliphatic carbocycles. The van der Waals surface area contributed by atoms with Crippen LogP contribution in [0, 0.1) is 11.3 Å². The Kier molecular flexibility index (Phi) is 3.67. The van der Waals surface area contributed by atoms with Crippen molar-refractivity contribution >= 4 is 0 Å². The lowest BCUT2D eigenvalue weighted by atomic mass is 9.69. The molecule has 0 aromatic carbocycles. The molecule has 1 rings (SSSR count). The summed E-state index contributed by atoms with van der Waals surface area (Å²) in [6, 6.07) is 0. The third-order valence-corrected chi connectivity index (χ3v) is 3.12. The molecule has 4 N–H and O–H groups in total. The standard InChI is InChI=1S/C9H18O4/c10-4-7-3-9(5-11,6-12)2-1-8(7)13/h7-8,10-13H,1-6H2. The number of hydrogen-bond donors (Lipinski definition) is 4. The van der Waals surface area contributed by atoms with Crippen molar-refractivity contribution in [2.24, 2.45) is 11.3 Å². The van der Waals surface area contributed by atoms with Crippen LogP contribution in [0.3, 0.4) is 0 Å². The summed E-state index contributed by atoms with van der Waals surface area (Å²) < 4.78 is 0. The van der Waals surface area contributed by atoms with Gasteiger partial charge in [-0.05, 0) is 19.3 Å². The van der Waals surface area contributed by atoms with E-state index in [1.807, 2.05) is 0 Å². The zero-order chi connectivity index (χ0) is 9.90. The van der Waals surface area contributed by atoms with Crippen LogP contribution in [0.5, 0.6) is 0 Å². The van der Waals surface area contributed by atoms with Crippen molar-refractivity contribution < 1.29 is 20.4 Å². The number of hydrogen-bond acceptors (Lipinski definition) is 4. The van der Waals surface area contributed by atoms with Gasteiger partial charge in [0.05, 0.1) is 19.3 Å². The van der Waals surface area contributed by atoms with Crippen molar-refractivity contribution in [3.8, 4) is 0 Å². The summed E-state index contributed by atoms with van der Waals surface area (Å²) >= 11 is 0. The fraction of sp³-hybridized carbons (Fsp3) is 1.00. The third kappa shape index (κ3) is 2.20. The molecule has 4 heteroatoms. The van der Waals surface area contributed by atoms with Crippen LogP contribution in [0.2, 0.25) is 0 Å². The lowest BCUT2D eigenvalue weighted by molar-refractivity contribution is -0.0596. The molecule has 0 aliphatic heterocycles. The summed E-state index contributed by atoms with van der Waals surface area (Å²) in [5.74, 6) is -0.201. The minimum Gasteiger partial charge on any atom is -0.396 e. The van der Waals surface area contributed by atoms with Crippen molar-refractivity contribution in [3.63, 3.8) is 0 Å². The molecular formula is C9H18O4. The Morgan fingerprint density at radius 2 is 1.77 bits per heavy atom. The molecule has 0 amide bonds. The highest BCUT2D eigenvalue weighted by Gasteiger charge is 2.39. The van der Waals surface area contributed by atoms with Gasteiger partial charge in [0.1, 0.15) is 0 Å². The Hall–Kier alpha value is -0.160. The lowest BCUT2D eigenvalue weighted by Crippen LogP contribution is -2.42. The van der Waals surface area contributed by atoms with Crippen molar-refractivity contribution in [1.29, 1.82) is 0 Å². The highest BCUT2D eigenvalue weighted by molar-refractivity contribution is 4.89. The van der Waals surface area contributed by atoms with Gasteiger partial charge in [-0.25, -0.2) is 0 Å². The molecule has 2 atom stereocenters. The summed E-state index contributed by atoms with van der Waals surface area (Å²) in [6.07, 6.45) is 1.18. The van der Waals surface area contributed by atoms with Gasteiger partial charge in [-0.1, -0.05) is 0 Å². The molecule has 0 aromatic rings. The predicted octanol–water partition coefficient (Wildman–Crippen LogP) is -0.889. The van der Waals surface area contributed by atoms with Gasteiger partial charge in [0.2, 0.25) is 0 Å². The van der Waals surface area contributed by atoms with Gasteiger partial charge >= 0.3 is 0 Å². The van der Waals surface area contributed by atoms with Crippen molar-refractivity contribution in [2.75, 3.05) is 19.8 Å². The minimum atomic E-state index is -0.493. The van der Waals surface area contributed by atoms with E-state index in [2.05, 4.69) is 0 Å². The highest BCUT2D eigenvalue weighted by atomic mass is 16.3. The van der Waals surface area contributed by atoms with Gasteiger partial charge in [0.15, 0.2) is 0 Å². The van der Waals surface area contributed by atoms with Gasteiger partial charge in [-0.3, -0.25) is 0 Å². The summed E-state index contributed by atoms with van der Waals surface area (Å²) in [4.78, 5) is 0. The highest BCUT2D eigenvalue weighted by Crippen LogP contribution is 2.38. The van der Waals surface area contributed by atoms with Crippen LogP contribution in [0.15, 0.2) is 0 Å². The maximum absolute atomic E-state index is 9.47. The van der Waals surface area contributed by atoms with Gasteiger partial charge in [-0.2, -0.15) is 0 Å². The first-order valence-electron chi connectivity index (χ1n) is 4.68. The van der Waals surface area contributed by atoms with Crippen molar-refractivity contribution in [2.45, 2.75) is 25.4 Å². The SMILES string of the molecule is OCC1CC(CO)(CO)CCC1O. The molecule has 4 nitrogen and oxygen atoms in total. The predicted molar refractivity (Wildman–Crippen MR) is 47.0 cm³/mol. The lowest BCUT2D eigenvalue weighted by Gasteiger charge is -2.40. The van der Waals surface area contributed by atoms with Gasteiger partial charge < -0.3 is 20.4 Å². The number of aliphatic hydroxyl groups excluding tert-OH is 4. The largest absolute Gasteiger partial charge is 0.396 e. The monoisotopic (exact) mass is 190 g/mol. The minimum absolute atomic E-state index is 0.0767. The Bertz CT molecular complexity index is 156. The number of aliphatic hydroxyl groups is 4. The van der Waals surface area contributed by atoms with Crippen LogP contribution in [0.25, 0.3) is 0 Å². The molecule has 1 fully saturated rings. The van der Waals surface area contributed by atoms with Crippen LogP contribution in [0.1, 0.15) is 19.3 Å². The first-order valence-corrected chi connectivity index (χ1v) is 4.68. The molecular weight excluding hydrogens is 172 g/mol. The van der Waals surface area contributed by atoms with Crippen molar-refractivity contribution in [1.82, 2.24) is 0 Å². The normalized spacial score (nSPS) is 33.2. The third-order valence-electron chi connectivity index (χ3n) is 3.12. The van der Waals surface area contributed by atoms with E-state index in [0.29, 0.717) is 19.3 Å². The Balaban J connectivity index is 2.61. The Labute approximate surface area is 77.8 Å². The van der Waals surface area contributed by atoms with E-state index in [1.165, 1.54) is 0 Å². The maximum atomic E-state index is 9.47. The fourth-order valence-electron chi connectivity index (χ4n) is 2.01. The first-order chi connectivity index (χ1) is 6.17. The molecule has 0 saturated heterocycles. The van der Waals surface area contributed by atoms with Crippen molar-refractivity contribution in [3.05, 3.63) is 0 Å². The molecule has 0 heterocycles. The summed E-state index contributed by atoms with van der Waals surface area (Å²) in [6.45, 7) is -0.234. The van der Waals surface area contributed by atoms with E-state index < -0.39 is 11.5 Å². The number of rotatable bonds is 3. The van der Waals surface area contributed by atoms with Crippen LogP contribution in [-0.4, -0.2) is 46.4 Å². The Morgan fingerprint density at radius 3 is 2.23 bits per heavy atom. The van der Waals surface area contributed by atoms with Crippen LogP contribution in [-0.2, 0) is 0 Å². The molecule has 0 bridgehead atoms. The summed E-state index contributed by atoms with van der Waals surface area (Å²) in [5, 5.41) is 36.7. The Morgan fingerprint density at radius 1 is 1.15 bits per heavy atom. The van der Waals surface area contributed by atoms with E-state index >= 15 is 0 Å². The molecule has 1 saturated carbocycles. The molecule has 0 radical (unpaired) electrons. The average Bonchev–Trinajstić information content (AvgIpc) is 2.19. The summed E-state index contributed by atoms with van der Waals surface area (Å²) in [7, 11) is 0. The smallest absolute Gasteiger partial charge is 0.0590 e. The van der Waals surface area contributed by atoms with Crippen LogP contribution >= 0.6 is 0 Å². The van der Waals surface area contributed by atoms with Gasteiger partial charge in [-0.15, -0.1) is 0 Å². The fourth-order valence-corrected chi connectivity index (χ4v) is 2.01. The molecule has 0 spiro atoms. The van der Waals surface area contributed by atoms with E-state index in [9.17, 15) is 5.11 Å². The second-order valence-electron chi connectivity index (χ2n) is 4.07. The van der Waals surface area contributed by atoms with Gasteiger partial charge in [0.25, 0.3) is 0 Å². The van der Waals surface area contributed by atoms with Crippen LogP contribution in [0.4, 0.5) is 0 Å². The summed E-state index contributed by atoms with van der Waals surface area (Å²) in [5.41, 5.74) is -0.493. The van der Waals surface area contributed by atoms with Crippen LogP contribution < -0.4 is 0 Å². The zero-order valence-electron chi connectivity index (χ0n) is 7.69. The molecule has 1 aliphatic rings. The maximum Gasteiger partial charge on any atom is 0.0590 e. The molecule has 2 unspecified atom stereocenters. The molecule has 0 aromatic heterocycles. The molecule has 13 heavy (non-hydrogen) atoms. The zero-order valence-corrected chi connectivity index (χ0v) is 7.69. The van der Waals surface area contributed by atoms with E-state index in [0.717, 1.165) is 0 Å². The van der Waals surface area contributed by atoms with E-state index in [4.69, 9.17) is 15.3 Å². The second-order valence-corrected chi connectivity index (χ2v) is 4.07. The topological polar surface area (TPSA) is 80.9 Å². The molecule has 78 valence electrons. The first kappa shape index (κ1) is 10.9. The quantitative estimate of drug-likeness (QED) is 0.465.